The van der Waals surface area contributed by atoms with Gasteiger partial charge in [-0.2, -0.15) is 4.98 Å². The summed E-state index contributed by atoms with van der Waals surface area (Å²) in [7, 11) is -1.38. The van der Waals surface area contributed by atoms with Crippen LogP contribution in [0.2, 0.25) is 5.02 Å². The van der Waals surface area contributed by atoms with Crippen molar-refractivity contribution >= 4 is 28.3 Å². The van der Waals surface area contributed by atoms with Crippen LogP contribution in [-0.2, 0) is 21.3 Å². The number of carbonyl (C=O) groups is 1. The molecule has 1 aromatic carbocycles. The molecule has 22 heavy (non-hydrogen) atoms. The molecule has 0 radical (unpaired) electrons. The largest absolute Gasteiger partial charge is 0.355 e. The molecule has 2 aromatic rings. The van der Waals surface area contributed by atoms with Crippen LogP contribution in [0.25, 0.3) is 11.4 Å². The van der Waals surface area contributed by atoms with Crippen molar-refractivity contribution < 1.29 is 13.5 Å². The molecule has 0 unspecified atom stereocenters. The van der Waals surface area contributed by atoms with Gasteiger partial charge in [0.25, 0.3) is 0 Å². The second kappa shape index (κ2) is 8.05. The van der Waals surface area contributed by atoms with E-state index in [0.29, 0.717) is 17.4 Å². The van der Waals surface area contributed by atoms with Crippen molar-refractivity contribution in [3.05, 3.63) is 35.2 Å². The summed E-state index contributed by atoms with van der Waals surface area (Å²) in [4.78, 5) is 15.7. The topological polar surface area (TPSA) is 85.1 Å². The third-order valence-electron chi connectivity index (χ3n) is 2.72. The summed E-state index contributed by atoms with van der Waals surface area (Å²) in [6.45, 7) is 2.53. The van der Waals surface area contributed by atoms with E-state index in [-0.39, 0.29) is 23.3 Å². The van der Waals surface area contributed by atoms with Gasteiger partial charge in [-0.25, -0.2) is 0 Å². The van der Waals surface area contributed by atoms with Crippen LogP contribution in [0.15, 0.2) is 28.8 Å². The van der Waals surface area contributed by atoms with E-state index < -0.39 is 10.8 Å². The lowest BCUT2D eigenvalue weighted by molar-refractivity contribution is -0.118. The Kier molecular flexibility index (Phi) is 6.09. The second-order valence-corrected chi connectivity index (χ2v) is 6.49. The highest BCUT2D eigenvalue weighted by Crippen LogP contribution is 2.18. The number of amides is 1. The lowest BCUT2D eigenvalue weighted by Crippen LogP contribution is -2.29. The molecule has 0 aliphatic carbocycles. The highest BCUT2D eigenvalue weighted by Gasteiger charge is 2.14. The van der Waals surface area contributed by atoms with Crippen molar-refractivity contribution in [2.45, 2.75) is 19.1 Å². The maximum Gasteiger partial charge on any atom is 0.239 e. The minimum Gasteiger partial charge on any atom is -0.355 e. The van der Waals surface area contributed by atoms with Crippen LogP contribution in [0.4, 0.5) is 0 Å². The highest BCUT2D eigenvalue weighted by atomic mass is 35.5. The molecule has 0 fully saturated rings. The number of carbonyl (C=O) groups excluding carboxylic acids is 1. The van der Waals surface area contributed by atoms with Gasteiger partial charge >= 0.3 is 0 Å². The van der Waals surface area contributed by atoms with Crippen LogP contribution in [-0.4, -0.2) is 32.6 Å². The van der Waals surface area contributed by atoms with E-state index in [2.05, 4.69) is 15.5 Å². The fraction of sp³-hybridized carbons (Fsp3) is 0.357. The van der Waals surface area contributed by atoms with Gasteiger partial charge in [-0.05, 0) is 30.7 Å². The smallest absolute Gasteiger partial charge is 0.239 e. The molecule has 2 rings (SSSR count). The average molecular weight is 342 g/mol. The van der Waals surface area contributed by atoms with Crippen molar-refractivity contribution in [1.82, 2.24) is 15.5 Å². The normalized spacial score (nSPS) is 12.1. The number of aromatic nitrogens is 2. The minimum absolute atomic E-state index is 0.0557. The van der Waals surface area contributed by atoms with Gasteiger partial charge in [-0.1, -0.05) is 23.7 Å². The molecular formula is C14H16ClN3O3S. The summed E-state index contributed by atoms with van der Waals surface area (Å²) >= 11 is 5.82. The maximum absolute atomic E-state index is 11.9. The van der Waals surface area contributed by atoms with Crippen LogP contribution in [0.1, 0.15) is 19.2 Å². The fourth-order valence-electron chi connectivity index (χ4n) is 1.68. The summed E-state index contributed by atoms with van der Waals surface area (Å²) in [5, 5.41) is 7.13. The number of rotatable bonds is 7. The Labute approximate surface area is 135 Å². The molecule has 0 saturated heterocycles. The van der Waals surface area contributed by atoms with Gasteiger partial charge in [0.15, 0.2) is 0 Å². The SMILES string of the molecule is CCCNC(=O)C[S@](=O)Cc1nc(-c2ccc(Cl)cc2)no1. The molecule has 1 atom stereocenters. The van der Waals surface area contributed by atoms with E-state index in [1.54, 1.807) is 24.3 Å². The van der Waals surface area contributed by atoms with E-state index in [4.69, 9.17) is 16.1 Å². The van der Waals surface area contributed by atoms with E-state index in [1.165, 1.54) is 0 Å². The van der Waals surface area contributed by atoms with E-state index in [0.717, 1.165) is 12.0 Å². The van der Waals surface area contributed by atoms with E-state index >= 15 is 0 Å². The molecular weight excluding hydrogens is 326 g/mol. The Morgan fingerprint density at radius 1 is 1.36 bits per heavy atom. The second-order valence-electron chi connectivity index (χ2n) is 4.60. The van der Waals surface area contributed by atoms with Gasteiger partial charge in [0, 0.05) is 27.9 Å². The molecule has 0 spiro atoms. The molecule has 0 saturated carbocycles. The Morgan fingerprint density at radius 2 is 2.09 bits per heavy atom. The van der Waals surface area contributed by atoms with Crippen molar-refractivity contribution in [1.29, 1.82) is 0 Å². The molecule has 1 heterocycles. The van der Waals surface area contributed by atoms with Crippen molar-refractivity contribution in [2.75, 3.05) is 12.3 Å². The molecule has 1 amide bonds. The third kappa shape index (κ3) is 4.92. The summed E-state index contributed by atoms with van der Waals surface area (Å²) in [5.74, 6) is 0.391. The molecule has 0 bridgehead atoms. The standard InChI is InChI=1S/C14H16ClN3O3S/c1-2-7-16-12(19)8-22(20)9-13-17-14(18-21-13)10-3-5-11(15)6-4-10/h3-6H,2,7-9H2,1H3,(H,16,19)/t22-/m0/s1. The molecule has 1 N–H and O–H groups in total. The van der Waals surface area contributed by atoms with Crippen molar-refractivity contribution in [2.24, 2.45) is 0 Å². The Bertz CT molecular complexity index is 658. The summed E-state index contributed by atoms with van der Waals surface area (Å²) in [5.41, 5.74) is 0.755. The fourth-order valence-corrected chi connectivity index (χ4v) is 2.70. The monoisotopic (exact) mass is 341 g/mol. The van der Waals surface area contributed by atoms with Crippen LogP contribution in [0.3, 0.4) is 0 Å². The van der Waals surface area contributed by atoms with Gasteiger partial charge in [0.2, 0.25) is 17.6 Å². The lowest BCUT2D eigenvalue weighted by atomic mass is 10.2. The molecule has 8 heteroatoms. The third-order valence-corrected chi connectivity index (χ3v) is 4.12. The number of benzene rings is 1. The van der Waals surface area contributed by atoms with Crippen LogP contribution in [0.5, 0.6) is 0 Å². The first kappa shape index (κ1) is 16.6. The number of hydrogen-bond acceptors (Lipinski definition) is 5. The minimum atomic E-state index is -1.38. The number of nitrogens with one attached hydrogen (secondary N) is 1. The van der Waals surface area contributed by atoms with Gasteiger partial charge in [0.1, 0.15) is 11.5 Å². The van der Waals surface area contributed by atoms with Gasteiger partial charge in [-0.3, -0.25) is 9.00 Å². The van der Waals surface area contributed by atoms with Gasteiger partial charge < -0.3 is 9.84 Å². The first-order chi connectivity index (χ1) is 10.6. The number of hydrogen-bond donors (Lipinski definition) is 1. The van der Waals surface area contributed by atoms with Crippen LogP contribution in [0, 0.1) is 0 Å². The maximum atomic E-state index is 11.9. The molecule has 6 nitrogen and oxygen atoms in total. The van der Waals surface area contributed by atoms with Crippen LogP contribution < -0.4 is 5.32 Å². The summed E-state index contributed by atoms with van der Waals surface area (Å²) in [6, 6.07) is 6.99. The number of halogens is 1. The Hall–Kier alpha value is -1.73. The first-order valence-corrected chi connectivity index (χ1v) is 8.65. The molecule has 118 valence electrons. The van der Waals surface area contributed by atoms with Gasteiger partial charge in [-0.15, -0.1) is 0 Å². The zero-order valence-electron chi connectivity index (χ0n) is 12.0. The molecule has 0 aliphatic heterocycles. The molecule has 0 aliphatic rings. The highest BCUT2D eigenvalue weighted by molar-refractivity contribution is 7.84. The summed E-state index contributed by atoms with van der Waals surface area (Å²) in [6.07, 6.45) is 0.840. The zero-order valence-corrected chi connectivity index (χ0v) is 13.6. The predicted octanol–water partition coefficient (Wildman–Crippen LogP) is 2.16. The molecule has 1 aromatic heterocycles. The number of nitrogens with zero attached hydrogens (tertiary/aromatic N) is 2. The quantitative estimate of drug-likeness (QED) is 0.834. The Morgan fingerprint density at radius 3 is 2.77 bits per heavy atom. The average Bonchev–Trinajstić information content (AvgIpc) is 2.94. The van der Waals surface area contributed by atoms with Crippen molar-refractivity contribution in [3.63, 3.8) is 0 Å². The Balaban J connectivity index is 1.93. The summed E-state index contributed by atoms with van der Waals surface area (Å²) < 4.78 is 16.9. The van der Waals surface area contributed by atoms with E-state index in [9.17, 15) is 9.00 Å². The van der Waals surface area contributed by atoms with E-state index in [1.807, 2.05) is 6.92 Å². The lowest BCUT2D eigenvalue weighted by Gasteiger charge is -2.01. The predicted molar refractivity (Wildman–Crippen MR) is 84.8 cm³/mol. The first-order valence-electron chi connectivity index (χ1n) is 6.78. The van der Waals surface area contributed by atoms with Crippen molar-refractivity contribution in [3.8, 4) is 11.4 Å². The van der Waals surface area contributed by atoms with Crippen LogP contribution >= 0.6 is 11.6 Å². The van der Waals surface area contributed by atoms with Gasteiger partial charge in [0.05, 0.1) is 0 Å². The zero-order chi connectivity index (χ0) is 15.9.